The van der Waals surface area contributed by atoms with Crippen molar-refractivity contribution in [1.29, 1.82) is 0 Å². The summed E-state index contributed by atoms with van der Waals surface area (Å²) in [6.07, 6.45) is 1.86. The van der Waals surface area contributed by atoms with Gasteiger partial charge in [0.1, 0.15) is 5.82 Å². The Morgan fingerprint density at radius 1 is 1.17 bits per heavy atom. The molecule has 1 saturated heterocycles. The Hall–Kier alpha value is -2.45. The molecule has 29 heavy (non-hydrogen) atoms. The number of rotatable bonds is 8. The van der Waals surface area contributed by atoms with Crippen molar-refractivity contribution in [3.8, 4) is 11.1 Å². The van der Waals surface area contributed by atoms with E-state index in [1.807, 2.05) is 6.07 Å². The molecule has 7 nitrogen and oxygen atoms in total. The zero-order valence-electron chi connectivity index (χ0n) is 16.0. The highest BCUT2D eigenvalue weighted by atomic mass is 32.2. The molecule has 3 rings (SSSR count). The second kappa shape index (κ2) is 9.84. The summed E-state index contributed by atoms with van der Waals surface area (Å²) in [4.78, 5) is 4.88. The van der Waals surface area contributed by atoms with Crippen LogP contribution in [0.1, 0.15) is 12.8 Å². The van der Waals surface area contributed by atoms with Crippen LogP contribution in [0.15, 0.2) is 58.5 Å². The Morgan fingerprint density at radius 3 is 2.55 bits per heavy atom. The van der Waals surface area contributed by atoms with Gasteiger partial charge in [0.05, 0.1) is 4.90 Å². The van der Waals surface area contributed by atoms with Crippen LogP contribution in [0.4, 0.5) is 4.39 Å². The van der Waals surface area contributed by atoms with Crippen LogP contribution in [0.25, 0.3) is 21.6 Å². The monoisotopic (exact) mass is 417 g/mol. The Labute approximate surface area is 170 Å². The van der Waals surface area contributed by atoms with Gasteiger partial charge in [-0.3, -0.25) is 0 Å². The lowest BCUT2D eigenvalue weighted by Crippen LogP contribution is -2.40. The second-order valence-electron chi connectivity index (χ2n) is 7.10. The molecule has 0 atom stereocenters. The fourth-order valence-electron chi connectivity index (χ4n) is 3.48. The Morgan fingerprint density at radius 2 is 1.90 bits per heavy atom. The lowest BCUT2D eigenvalue weighted by molar-refractivity contribution is 0.190. The molecule has 0 bridgehead atoms. The molecule has 0 aliphatic carbocycles. The first-order valence-corrected chi connectivity index (χ1v) is 11.1. The maximum atomic E-state index is 14.5. The third-order valence-corrected chi connectivity index (χ3v) is 6.62. The molecular formula is C20H24FN5O2S. The van der Waals surface area contributed by atoms with E-state index in [9.17, 15) is 12.8 Å². The smallest absolute Gasteiger partial charge is 0.240 e. The van der Waals surface area contributed by atoms with Crippen LogP contribution in [0.3, 0.4) is 0 Å². The molecule has 0 aromatic heterocycles. The molecular weight excluding hydrogens is 393 g/mol. The fraction of sp³-hybridized carbons (Fsp3) is 0.400. The molecule has 0 unspecified atom stereocenters. The number of hydrogen-bond donors (Lipinski definition) is 1. The summed E-state index contributed by atoms with van der Waals surface area (Å²) in [5.41, 5.74) is 9.45. The lowest BCUT2D eigenvalue weighted by atomic mass is 9.97. The van der Waals surface area contributed by atoms with Crippen molar-refractivity contribution in [1.82, 2.24) is 9.62 Å². The first kappa shape index (κ1) is 21.3. The van der Waals surface area contributed by atoms with E-state index < -0.39 is 15.8 Å². The molecule has 0 saturated carbocycles. The zero-order valence-corrected chi connectivity index (χ0v) is 16.9. The van der Waals surface area contributed by atoms with Gasteiger partial charge in [0.15, 0.2) is 0 Å². The lowest BCUT2D eigenvalue weighted by Gasteiger charge is -2.31. The number of likely N-dealkylation sites (tertiary alicyclic amines) is 1. The maximum absolute atomic E-state index is 14.5. The number of piperidine rings is 1. The van der Waals surface area contributed by atoms with Crippen LogP contribution in [-0.4, -0.2) is 46.0 Å². The van der Waals surface area contributed by atoms with Gasteiger partial charge in [0.25, 0.3) is 0 Å². The van der Waals surface area contributed by atoms with Gasteiger partial charge in [-0.15, -0.1) is 0 Å². The van der Waals surface area contributed by atoms with Crippen LogP contribution >= 0.6 is 0 Å². The van der Waals surface area contributed by atoms with E-state index in [1.54, 1.807) is 24.3 Å². The molecule has 0 radical (unpaired) electrons. The molecule has 2 aromatic rings. The minimum atomic E-state index is -3.78. The molecule has 1 aliphatic rings. The Bertz CT molecular complexity index is 970. The third-order valence-electron chi connectivity index (χ3n) is 5.17. The summed E-state index contributed by atoms with van der Waals surface area (Å²) < 4.78 is 42.0. The largest absolute Gasteiger partial charge is 0.302 e. The first-order valence-electron chi connectivity index (χ1n) is 9.57. The summed E-state index contributed by atoms with van der Waals surface area (Å²) in [5.74, 6) is -0.175. The van der Waals surface area contributed by atoms with Crippen LogP contribution < -0.4 is 4.72 Å². The minimum absolute atomic E-state index is 0.0808. The first-order chi connectivity index (χ1) is 14.0. The van der Waals surface area contributed by atoms with E-state index >= 15 is 0 Å². The second-order valence-corrected chi connectivity index (χ2v) is 8.87. The molecule has 1 aliphatic heterocycles. The molecule has 154 valence electrons. The Kier molecular flexibility index (Phi) is 7.22. The summed E-state index contributed by atoms with van der Waals surface area (Å²) in [6, 6.07) is 13.0. The van der Waals surface area contributed by atoms with Crippen molar-refractivity contribution in [2.75, 3.05) is 32.7 Å². The van der Waals surface area contributed by atoms with E-state index in [-0.39, 0.29) is 11.4 Å². The predicted molar refractivity (Wildman–Crippen MR) is 110 cm³/mol. The van der Waals surface area contributed by atoms with Crippen molar-refractivity contribution in [3.05, 3.63) is 64.8 Å². The quantitative estimate of drug-likeness (QED) is 0.402. The average molecular weight is 418 g/mol. The molecule has 1 fully saturated rings. The summed E-state index contributed by atoms with van der Waals surface area (Å²) in [6.45, 7) is 3.03. The van der Waals surface area contributed by atoms with Gasteiger partial charge < -0.3 is 4.90 Å². The van der Waals surface area contributed by atoms with Crippen molar-refractivity contribution in [2.45, 2.75) is 17.7 Å². The third kappa shape index (κ3) is 5.77. The molecule has 9 heteroatoms. The molecule has 1 heterocycles. The van der Waals surface area contributed by atoms with Gasteiger partial charge in [0, 0.05) is 30.1 Å². The number of hydrogen-bond acceptors (Lipinski definition) is 4. The van der Waals surface area contributed by atoms with Crippen LogP contribution in [0, 0.1) is 11.7 Å². The molecule has 0 amide bonds. The number of nitrogens with zero attached hydrogens (tertiary/aromatic N) is 4. The minimum Gasteiger partial charge on any atom is -0.302 e. The van der Waals surface area contributed by atoms with Crippen molar-refractivity contribution in [3.63, 3.8) is 0 Å². The highest BCUT2D eigenvalue weighted by molar-refractivity contribution is 7.89. The van der Waals surface area contributed by atoms with Gasteiger partial charge in [-0.2, -0.15) is 0 Å². The van der Waals surface area contributed by atoms with E-state index in [2.05, 4.69) is 19.6 Å². The number of nitrogens with one attached hydrogen (secondary N) is 1. The van der Waals surface area contributed by atoms with Crippen molar-refractivity contribution < 1.29 is 12.8 Å². The van der Waals surface area contributed by atoms with Gasteiger partial charge in [-0.05, 0) is 55.1 Å². The molecule has 1 N–H and O–H groups in total. The zero-order chi connectivity index (χ0) is 20.7. The number of azide groups is 1. The number of sulfonamides is 1. The standard InChI is InChI=1S/C20H24FN5O2S/c21-20-14-18(6-7-19(20)17-4-2-1-3-5-17)29(27,28)24-10-13-26-11-8-16(9-12-26)15-23-25-22/h1-7,14,16,24H,8-13,15H2. The van der Waals surface area contributed by atoms with Crippen molar-refractivity contribution >= 4 is 10.0 Å². The number of halogens is 1. The normalized spacial score (nSPS) is 15.8. The number of benzene rings is 2. The summed E-state index contributed by atoms with van der Waals surface area (Å²) >= 11 is 0. The summed E-state index contributed by atoms with van der Waals surface area (Å²) in [5, 5.41) is 3.62. The SMILES string of the molecule is [N-]=[N+]=NCC1CCN(CCNS(=O)(=O)c2ccc(-c3ccccc3)c(F)c2)CC1. The highest BCUT2D eigenvalue weighted by Gasteiger charge is 2.20. The summed E-state index contributed by atoms with van der Waals surface area (Å²) in [7, 11) is -3.78. The van der Waals surface area contributed by atoms with Crippen LogP contribution in [0.2, 0.25) is 0 Å². The van der Waals surface area contributed by atoms with Gasteiger partial charge in [-0.1, -0.05) is 41.5 Å². The van der Waals surface area contributed by atoms with E-state index in [0.29, 0.717) is 30.1 Å². The predicted octanol–water partition coefficient (Wildman–Crippen LogP) is 3.79. The Balaban J connectivity index is 1.54. The maximum Gasteiger partial charge on any atom is 0.240 e. The van der Waals surface area contributed by atoms with Crippen LogP contribution in [-0.2, 0) is 10.0 Å². The van der Waals surface area contributed by atoms with Gasteiger partial charge in [-0.25, -0.2) is 17.5 Å². The molecule has 0 spiro atoms. The highest BCUT2D eigenvalue weighted by Crippen LogP contribution is 2.25. The molecule has 2 aromatic carbocycles. The average Bonchev–Trinajstić information content (AvgIpc) is 2.73. The van der Waals surface area contributed by atoms with Crippen LogP contribution in [0.5, 0.6) is 0 Å². The van der Waals surface area contributed by atoms with Gasteiger partial charge >= 0.3 is 0 Å². The van der Waals surface area contributed by atoms with E-state index in [0.717, 1.165) is 32.0 Å². The van der Waals surface area contributed by atoms with E-state index in [1.165, 1.54) is 12.1 Å². The van der Waals surface area contributed by atoms with Gasteiger partial charge in [0.2, 0.25) is 10.0 Å². The van der Waals surface area contributed by atoms with E-state index in [4.69, 9.17) is 5.53 Å². The fourth-order valence-corrected chi connectivity index (χ4v) is 4.51. The van der Waals surface area contributed by atoms with Crippen molar-refractivity contribution in [2.24, 2.45) is 11.0 Å². The topological polar surface area (TPSA) is 98.2 Å².